The average molecular weight is 287 g/mol. The fourth-order valence-corrected chi connectivity index (χ4v) is 2.31. The Hall–Kier alpha value is -0.120. The van der Waals surface area contributed by atoms with E-state index in [2.05, 4.69) is 38.2 Å². The van der Waals surface area contributed by atoms with Crippen LogP contribution in [0.2, 0.25) is 0 Å². The largest absolute Gasteiger partial charge is 0.379 e. The molecule has 0 aliphatic carbocycles. The fourth-order valence-electron chi connectivity index (χ4n) is 2.31. The number of hydrogen-bond acceptors (Lipinski definition) is 3. The average Bonchev–Trinajstić information content (AvgIpc) is 2.42. The van der Waals surface area contributed by atoms with Crippen molar-refractivity contribution in [2.75, 3.05) is 40.4 Å². The molecular formula is C17H38N2O. The number of hydrogen-bond donors (Lipinski definition) is 1. The Balaban J connectivity index is 3.61. The lowest BCUT2D eigenvalue weighted by Crippen LogP contribution is -2.32. The Bertz CT molecular complexity index is 176. The molecule has 0 amide bonds. The van der Waals surface area contributed by atoms with Crippen molar-refractivity contribution in [1.82, 2.24) is 10.2 Å². The van der Waals surface area contributed by atoms with Crippen LogP contribution in [0.5, 0.6) is 0 Å². The first-order valence-corrected chi connectivity index (χ1v) is 8.66. The first-order valence-electron chi connectivity index (χ1n) is 8.66. The second kappa shape index (κ2) is 15.3. The van der Waals surface area contributed by atoms with Gasteiger partial charge in [-0.25, -0.2) is 0 Å². The van der Waals surface area contributed by atoms with Crippen LogP contribution < -0.4 is 5.32 Å². The summed E-state index contributed by atoms with van der Waals surface area (Å²) in [6.07, 6.45) is 10.7. The van der Waals surface area contributed by atoms with Gasteiger partial charge in [0.25, 0.3) is 0 Å². The molecule has 0 fully saturated rings. The van der Waals surface area contributed by atoms with Crippen LogP contribution >= 0.6 is 0 Å². The van der Waals surface area contributed by atoms with Crippen molar-refractivity contribution >= 4 is 0 Å². The van der Waals surface area contributed by atoms with E-state index in [1.807, 2.05) is 0 Å². The molecule has 0 aromatic rings. The number of ether oxygens (including phenoxy) is 1. The van der Waals surface area contributed by atoms with Crippen LogP contribution in [0.4, 0.5) is 0 Å². The van der Waals surface area contributed by atoms with Crippen molar-refractivity contribution in [3.8, 4) is 0 Å². The highest BCUT2D eigenvalue weighted by Crippen LogP contribution is 2.10. The molecule has 0 aliphatic heterocycles. The summed E-state index contributed by atoms with van der Waals surface area (Å²) in [5.74, 6) is 0. The standard InChI is InChI=1S/C17H38N2O/c1-5-7-9-11-17(12-10-8-6-2)18-13-15-20-16-14-19(3)4/h17-18H,5-16H2,1-4H3. The maximum Gasteiger partial charge on any atom is 0.0593 e. The maximum atomic E-state index is 5.64. The molecule has 0 bridgehead atoms. The molecule has 0 spiro atoms. The Morgan fingerprint density at radius 1 is 0.900 bits per heavy atom. The van der Waals surface area contributed by atoms with E-state index in [0.717, 1.165) is 26.3 Å². The maximum absolute atomic E-state index is 5.64. The summed E-state index contributed by atoms with van der Waals surface area (Å²) in [5.41, 5.74) is 0. The van der Waals surface area contributed by atoms with E-state index in [9.17, 15) is 0 Å². The van der Waals surface area contributed by atoms with Crippen LogP contribution in [0, 0.1) is 0 Å². The normalized spacial score (nSPS) is 11.7. The van der Waals surface area contributed by atoms with E-state index in [1.54, 1.807) is 0 Å². The summed E-state index contributed by atoms with van der Waals surface area (Å²) in [5, 5.41) is 3.69. The number of rotatable bonds is 15. The first-order chi connectivity index (χ1) is 9.70. The van der Waals surface area contributed by atoms with Crippen molar-refractivity contribution in [2.45, 2.75) is 71.3 Å². The highest BCUT2D eigenvalue weighted by atomic mass is 16.5. The molecule has 1 N–H and O–H groups in total. The zero-order valence-electron chi connectivity index (χ0n) is 14.4. The summed E-state index contributed by atoms with van der Waals surface area (Å²) < 4.78 is 5.64. The molecule has 3 nitrogen and oxygen atoms in total. The third kappa shape index (κ3) is 14.3. The SMILES string of the molecule is CCCCCC(CCCCC)NCCOCCN(C)C. The summed E-state index contributed by atoms with van der Waals surface area (Å²) in [6, 6.07) is 0.700. The number of likely N-dealkylation sites (N-methyl/N-ethyl adjacent to an activating group) is 1. The number of unbranched alkanes of at least 4 members (excludes halogenated alkanes) is 4. The molecule has 122 valence electrons. The van der Waals surface area contributed by atoms with Gasteiger partial charge in [-0.3, -0.25) is 0 Å². The fraction of sp³-hybridized carbons (Fsp3) is 1.00. The van der Waals surface area contributed by atoms with Crippen molar-refractivity contribution in [3.05, 3.63) is 0 Å². The molecule has 3 heteroatoms. The highest BCUT2D eigenvalue weighted by Gasteiger charge is 2.07. The molecule has 0 aliphatic rings. The quantitative estimate of drug-likeness (QED) is 0.465. The van der Waals surface area contributed by atoms with Crippen LogP contribution in [0.25, 0.3) is 0 Å². The van der Waals surface area contributed by atoms with Gasteiger partial charge in [-0.05, 0) is 26.9 Å². The van der Waals surface area contributed by atoms with Crippen molar-refractivity contribution in [2.24, 2.45) is 0 Å². The van der Waals surface area contributed by atoms with Gasteiger partial charge < -0.3 is 15.0 Å². The molecule has 0 unspecified atom stereocenters. The first kappa shape index (κ1) is 19.9. The number of nitrogens with zero attached hydrogens (tertiary/aromatic N) is 1. The Kier molecular flexibility index (Phi) is 15.2. The minimum atomic E-state index is 0.700. The van der Waals surface area contributed by atoms with E-state index in [-0.39, 0.29) is 0 Å². The lowest BCUT2D eigenvalue weighted by Gasteiger charge is -2.19. The molecule has 0 aromatic carbocycles. The Labute approximate surface area is 127 Å². The number of nitrogens with one attached hydrogen (secondary N) is 1. The highest BCUT2D eigenvalue weighted by molar-refractivity contribution is 4.67. The molecule has 0 saturated carbocycles. The van der Waals surface area contributed by atoms with E-state index in [0.29, 0.717) is 6.04 Å². The van der Waals surface area contributed by atoms with Gasteiger partial charge in [0, 0.05) is 19.1 Å². The van der Waals surface area contributed by atoms with Crippen molar-refractivity contribution in [3.63, 3.8) is 0 Å². The summed E-state index contributed by atoms with van der Waals surface area (Å²) in [4.78, 5) is 2.16. The van der Waals surface area contributed by atoms with E-state index in [1.165, 1.54) is 51.4 Å². The minimum absolute atomic E-state index is 0.700. The van der Waals surface area contributed by atoms with E-state index < -0.39 is 0 Å². The van der Waals surface area contributed by atoms with Crippen molar-refractivity contribution < 1.29 is 4.74 Å². The minimum Gasteiger partial charge on any atom is -0.379 e. The van der Waals surface area contributed by atoms with Crippen LogP contribution in [0.15, 0.2) is 0 Å². The van der Waals surface area contributed by atoms with Crippen LogP contribution in [0.1, 0.15) is 65.2 Å². The van der Waals surface area contributed by atoms with Gasteiger partial charge in [0.1, 0.15) is 0 Å². The monoisotopic (exact) mass is 286 g/mol. The zero-order valence-corrected chi connectivity index (χ0v) is 14.4. The van der Waals surface area contributed by atoms with Gasteiger partial charge in [-0.1, -0.05) is 52.4 Å². The van der Waals surface area contributed by atoms with Crippen molar-refractivity contribution in [1.29, 1.82) is 0 Å². The topological polar surface area (TPSA) is 24.5 Å². The van der Waals surface area contributed by atoms with E-state index in [4.69, 9.17) is 4.74 Å². The summed E-state index contributed by atoms with van der Waals surface area (Å²) in [6.45, 7) is 8.24. The Morgan fingerprint density at radius 3 is 2.00 bits per heavy atom. The molecule has 0 saturated heterocycles. The van der Waals surface area contributed by atoms with Crippen LogP contribution in [-0.2, 0) is 4.74 Å². The second-order valence-corrected chi connectivity index (χ2v) is 6.06. The molecule has 20 heavy (non-hydrogen) atoms. The van der Waals surface area contributed by atoms with Gasteiger partial charge in [-0.2, -0.15) is 0 Å². The lowest BCUT2D eigenvalue weighted by atomic mass is 10.0. The van der Waals surface area contributed by atoms with Gasteiger partial charge in [0.05, 0.1) is 13.2 Å². The third-order valence-corrected chi connectivity index (χ3v) is 3.67. The van der Waals surface area contributed by atoms with Crippen LogP contribution in [0.3, 0.4) is 0 Å². The van der Waals surface area contributed by atoms with Gasteiger partial charge >= 0.3 is 0 Å². The smallest absolute Gasteiger partial charge is 0.0593 e. The molecule has 0 heterocycles. The third-order valence-electron chi connectivity index (χ3n) is 3.67. The zero-order chi connectivity index (χ0) is 15.1. The lowest BCUT2D eigenvalue weighted by molar-refractivity contribution is 0.117. The predicted octanol–water partition coefficient (Wildman–Crippen LogP) is 3.68. The Morgan fingerprint density at radius 2 is 1.50 bits per heavy atom. The van der Waals surface area contributed by atoms with Gasteiger partial charge in [0.2, 0.25) is 0 Å². The molecule has 0 radical (unpaired) electrons. The molecule has 0 rings (SSSR count). The summed E-state index contributed by atoms with van der Waals surface area (Å²) in [7, 11) is 4.16. The predicted molar refractivity (Wildman–Crippen MR) is 89.4 cm³/mol. The second-order valence-electron chi connectivity index (χ2n) is 6.06. The van der Waals surface area contributed by atoms with Gasteiger partial charge in [0.15, 0.2) is 0 Å². The van der Waals surface area contributed by atoms with E-state index >= 15 is 0 Å². The summed E-state index contributed by atoms with van der Waals surface area (Å²) >= 11 is 0. The van der Waals surface area contributed by atoms with Crippen LogP contribution in [-0.4, -0.2) is 51.3 Å². The molecule has 0 atom stereocenters. The van der Waals surface area contributed by atoms with Gasteiger partial charge in [-0.15, -0.1) is 0 Å². The molecule has 0 aromatic heterocycles. The molecular weight excluding hydrogens is 248 g/mol.